The quantitative estimate of drug-likeness (QED) is 0.477. The van der Waals surface area contributed by atoms with Gasteiger partial charge in [0.25, 0.3) is 5.69 Å². The van der Waals surface area contributed by atoms with Gasteiger partial charge in [-0.3, -0.25) is 10.1 Å². The molecule has 0 aromatic heterocycles. The van der Waals surface area contributed by atoms with E-state index in [2.05, 4.69) is 12.2 Å². The minimum absolute atomic E-state index is 0.0541. The Balaban J connectivity index is 2.76. The number of nitro groups is 1. The van der Waals surface area contributed by atoms with Crippen LogP contribution < -0.4 is 5.32 Å². The van der Waals surface area contributed by atoms with Crippen molar-refractivity contribution < 1.29 is 4.92 Å². The molecule has 1 N–H and O–H groups in total. The molecule has 0 aliphatic carbocycles. The Kier molecular flexibility index (Phi) is 4.37. The lowest BCUT2D eigenvalue weighted by Gasteiger charge is -2.06. The number of hydrogen-bond donors (Lipinski definition) is 1. The highest BCUT2D eigenvalue weighted by molar-refractivity contribution is 6.33. The maximum Gasteiger partial charge on any atom is 0.271 e. The molecule has 0 spiro atoms. The van der Waals surface area contributed by atoms with E-state index < -0.39 is 4.92 Å². The van der Waals surface area contributed by atoms with Crippen molar-refractivity contribution in [3.05, 3.63) is 33.3 Å². The van der Waals surface area contributed by atoms with Crippen LogP contribution in [0.2, 0.25) is 5.02 Å². The molecule has 0 heterocycles. The fourth-order valence-electron chi connectivity index (χ4n) is 1.16. The molecule has 0 saturated heterocycles. The molecular weight excluding hydrogens is 216 g/mol. The predicted octanol–water partition coefficient (Wildman–Crippen LogP) is 3.46. The number of nitrogens with one attached hydrogen (secondary N) is 1. The molecule has 0 radical (unpaired) electrons. The maximum atomic E-state index is 10.5. The number of anilines is 1. The van der Waals surface area contributed by atoms with Crippen molar-refractivity contribution in [2.24, 2.45) is 0 Å². The lowest BCUT2D eigenvalue weighted by Crippen LogP contribution is -2.02. The predicted molar refractivity (Wildman–Crippen MR) is 61.5 cm³/mol. The van der Waals surface area contributed by atoms with E-state index in [9.17, 15) is 10.1 Å². The molecule has 0 fully saturated rings. The second kappa shape index (κ2) is 5.56. The Hall–Kier alpha value is -1.29. The Morgan fingerprint density at radius 1 is 1.53 bits per heavy atom. The standard InChI is InChI=1S/C10H13ClN2O2/c1-2-3-6-12-10-7-8(13(14)15)4-5-9(10)11/h4-5,7,12H,2-3,6H2,1H3. The van der Waals surface area contributed by atoms with E-state index in [1.807, 2.05) is 0 Å². The van der Waals surface area contributed by atoms with Gasteiger partial charge in [0, 0.05) is 18.7 Å². The first kappa shape index (κ1) is 11.8. The fraction of sp³-hybridized carbons (Fsp3) is 0.400. The summed E-state index contributed by atoms with van der Waals surface area (Å²) in [5.74, 6) is 0. The second-order valence-corrected chi connectivity index (χ2v) is 3.61. The van der Waals surface area contributed by atoms with E-state index in [1.54, 1.807) is 0 Å². The van der Waals surface area contributed by atoms with Gasteiger partial charge in [0.1, 0.15) is 0 Å². The third-order valence-electron chi connectivity index (χ3n) is 2.01. The first-order valence-electron chi connectivity index (χ1n) is 4.83. The van der Waals surface area contributed by atoms with Crippen molar-refractivity contribution in [1.82, 2.24) is 0 Å². The maximum absolute atomic E-state index is 10.5. The molecule has 0 bridgehead atoms. The SMILES string of the molecule is CCCCNc1cc([N+](=O)[O-])ccc1Cl. The molecule has 82 valence electrons. The Bertz CT molecular complexity index is 355. The molecule has 0 saturated carbocycles. The van der Waals surface area contributed by atoms with Gasteiger partial charge in [-0.2, -0.15) is 0 Å². The monoisotopic (exact) mass is 228 g/mol. The third kappa shape index (κ3) is 3.40. The summed E-state index contributed by atoms with van der Waals surface area (Å²) in [6.07, 6.45) is 2.08. The normalized spacial score (nSPS) is 10.0. The zero-order valence-electron chi connectivity index (χ0n) is 8.50. The summed E-state index contributed by atoms with van der Waals surface area (Å²) in [4.78, 5) is 10.1. The van der Waals surface area contributed by atoms with E-state index >= 15 is 0 Å². The number of halogens is 1. The van der Waals surface area contributed by atoms with Gasteiger partial charge >= 0.3 is 0 Å². The molecule has 0 aliphatic heterocycles. The molecule has 15 heavy (non-hydrogen) atoms. The molecule has 1 aromatic rings. The molecule has 0 amide bonds. The van der Waals surface area contributed by atoms with Crippen LogP contribution in [-0.4, -0.2) is 11.5 Å². The van der Waals surface area contributed by atoms with Crippen LogP contribution in [-0.2, 0) is 0 Å². The number of unbranched alkanes of at least 4 members (excludes halogenated alkanes) is 1. The fourth-order valence-corrected chi connectivity index (χ4v) is 1.35. The summed E-state index contributed by atoms with van der Waals surface area (Å²) in [6, 6.07) is 4.39. The summed E-state index contributed by atoms with van der Waals surface area (Å²) >= 11 is 5.89. The van der Waals surface area contributed by atoms with Gasteiger partial charge in [-0.05, 0) is 12.5 Å². The average Bonchev–Trinajstić information content (AvgIpc) is 2.20. The third-order valence-corrected chi connectivity index (χ3v) is 2.34. The number of nitrogens with zero attached hydrogens (tertiary/aromatic N) is 1. The second-order valence-electron chi connectivity index (χ2n) is 3.20. The zero-order chi connectivity index (χ0) is 11.3. The van der Waals surface area contributed by atoms with Gasteiger partial charge < -0.3 is 5.32 Å². The lowest BCUT2D eigenvalue weighted by molar-refractivity contribution is -0.384. The molecular formula is C10H13ClN2O2. The van der Waals surface area contributed by atoms with Crippen LogP contribution in [0.25, 0.3) is 0 Å². The van der Waals surface area contributed by atoms with Crippen molar-refractivity contribution in [2.45, 2.75) is 19.8 Å². The van der Waals surface area contributed by atoms with Gasteiger partial charge in [-0.1, -0.05) is 24.9 Å². The molecule has 4 nitrogen and oxygen atoms in total. The average molecular weight is 229 g/mol. The van der Waals surface area contributed by atoms with E-state index in [1.165, 1.54) is 18.2 Å². The van der Waals surface area contributed by atoms with Gasteiger partial charge in [-0.15, -0.1) is 0 Å². The van der Waals surface area contributed by atoms with Crippen molar-refractivity contribution >= 4 is 23.0 Å². The topological polar surface area (TPSA) is 55.2 Å². The highest BCUT2D eigenvalue weighted by atomic mass is 35.5. The van der Waals surface area contributed by atoms with Gasteiger partial charge in [0.2, 0.25) is 0 Å². The van der Waals surface area contributed by atoms with E-state index in [-0.39, 0.29) is 5.69 Å². The van der Waals surface area contributed by atoms with Gasteiger partial charge in [-0.25, -0.2) is 0 Å². The molecule has 0 atom stereocenters. The van der Waals surface area contributed by atoms with Crippen LogP contribution in [0.3, 0.4) is 0 Å². The Morgan fingerprint density at radius 3 is 2.87 bits per heavy atom. The highest BCUT2D eigenvalue weighted by Gasteiger charge is 2.08. The Labute approximate surface area is 93.4 Å². The first-order valence-corrected chi connectivity index (χ1v) is 5.20. The minimum atomic E-state index is -0.429. The van der Waals surface area contributed by atoms with Crippen LogP contribution in [0.4, 0.5) is 11.4 Å². The van der Waals surface area contributed by atoms with Crippen molar-refractivity contribution in [1.29, 1.82) is 0 Å². The van der Waals surface area contributed by atoms with Crippen LogP contribution in [0.1, 0.15) is 19.8 Å². The number of non-ortho nitro benzene ring substituents is 1. The van der Waals surface area contributed by atoms with E-state index in [0.29, 0.717) is 10.7 Å². The summed E-state index contributed by atoms with van der Waals surface area (Å²) in [6.45, 7) is 2.86. The molecule has 5 heteroatoms. The molecule has 0 aliphatic rings. The van der Waals surface area contributed by atoms with Crippen LogP contribution in [0, 0.1) is 10.1 Å². The molecule has 1 rings (SSSR count). The van der Waals surface area contributed by atoms with Crippen molar-refractivity contribution in [3.8, 4) is 0 Å². The lowest BCUT2D eigenvalue weighted by atomic mass is 10.2. The largest absolute Gasteiger partial charge is 0.384 e. The van der Waals surface area contributed by atoms with Crippen molar-refractivity contribution in [3.63, 3.8) is 0 Å². The van der Waals surface area contributed by atoms with Crippen LogP contribution >= 0.6 is 11.6 Å². The number of hydrogen-bond acceptors (Lipinski definition) is 3. The van der Waals surface area contributed by atoms with E-state index in [4.69, 9.17) is 11.6 Å². The summed E-state index contributed by atoms with van der Waals surface area (Å²) < 4.78 is 0. The zero-order valence-corrected chi connectivity index (χ0v) is 9.25. The van der Waals surface area contributed by atoms with E-state index in [0.717, 1.165) is 19.4 Å². The number of nitro benzene ring substituents is 1. The smallest absolute Gasteiger partial charge is 0.271 e. The Morgan fingerprint density at radius 2 is 2.27 bits per heavy atom. The van der Waals surface area contributed by atoms with Gasteiger partial charge in [0.15, 0.2) is 0 Å². The van der Waals surface area contributed by atoms with Crippen LogP contribution in [0.5, 0.6) is 0 Å². The number of rotatable bonds is 5. The summed E-state index contributed by atoms with van der Waals surface area (Å²) in [5, 5.41) is 14.1. The van der Waals surface area contributed by atoms with Crippen LogP contribution in [0.15, 0.2) is 18.2 Å². The summed E-state index contributed by atoms with van der Waals surface area (Å²) in [7, 11) is 0. The molecule has 0 unspecified atom stereocenters. The molecule has 1 aromatic carbocycles. The van der Waals surface area contributed by atoms with Gasteiger partial charge in [0.05, 0.1) is 15.6 Å². The summed E-state index contributed by atoms with van der Waals surface area (Å²) in [5.41, 5.74) is 0.678. The first-order chi connectivity index (χ1) is 7.15. The highest BCUT2D eigenvalue weighted by Crippen LogP contribution is 2.26. The number of benzene rings is 1. The minimum Gasteiger partial charge on any atom is -0.384 e. The van der Waals surface area contributed by atoms with Crippen molar-refractivity contribution in [2.75, 3.05) is 11.9 Å².